The van der Waals surface area contributed by atoms with Gasteiger partial charge in [0.05, 0.1) is 0 Å². The smallest absolute Gasteiger partial charge is 0.280 e. The van der Waals surface area contributed by atoms with E-state index in [-0.39, 0.29) is 17.4 Å². The van der Waals surface area contributed by atoms with Crippen molar-refractivity contribution < 1.29 is 9.42 Å². The molecule has 2 aromatic rings. The van der Waals surface area contributed by atoms with Crippen LogP contribution in [0.15, 0.2) is 41.0 Å². The van der Waals surface area contributed by atoms with Gasteiger partial charge >= 0.3 is 0 Å². The second-order valence-electron chi connectivity index (χ2n) is 4.59. The van der Waals surface area contributed by atoms with E-state index in [9.17, 15) is 4.79 Å². The predicted molar refractivity (Wildman–Crippen MR) is 73.6 cm³/mol. The van der Waals surface area contributed by atoms with Gasteiger partial charge in [-0.15, -0.1) is 0 Å². The Morgan fingerprint density at radius 3 is 2.65 bits per heavy atom. The lowest BCUT2D eigenvalue weighted by atomic mass is 9.99. The maximum Gasteiger partial charge on any atom is 0.280 e. The van der Waals surface area contributed by atoms with Crippen LogP contribution in [-0.4, -0.2) is 34.2 Å². The number of anilines is 1. The minimum absolute atomic E-state index is 0.0350. The van der Waals surface area contributed by atoms with Gasteiger partial charge in [-0.05, 0) is 27.9 Å². The molecule has 3 rings (SSSR count). The summed E-state index contributed by atoms with van der Waals surface area (Å²) in [5.74, 6) is -0.208. The Kier molecular flexibility index (Phi) is 3.20. The third kappa shape index (κ3) is 2.27. The first-order valence-corrected chi connectivity index (χ1v) is 6.37. The third-order valence-electron chi connectivity index (χ3n) is 3.36. The number of carbonyl (C=O) groups is 1. The van der Waals surface area contributed by atoms with Gasteiger partial charge in [-0.3, -0.25) is 4.79 Å². The lowest BCUT2D eigenvalue weighted by Crippen LogP contribution is -2.35. The Labute approximate surface area is 115 Å². The molecule has 1 aromatic carbocycles. The van der Waals surface area contributed by atoms with Crippen molar-refractivity contribution >= 4 is 17.3 Å². The highest BCUT2D eigenvalue weighted by molar-refractivity contribution is 5.96. The molecule has 1 aromatic heterocycles. The second-order valence-corrected chi connectivity index (χ2v) is 4.59. The SMILES string of the molecule is Nc1nonc1C(=O)N1CC=C(c2ccccc2)CC1. The van der Waals surface area contributed by atoms with E-state index in [1.54, 1.807) is 4.90 Å². The standard InChI is InChI=1S/C14H14N4O2/c15-13-12(16-20-17-13)14(19)18-8-6-11(7-9-18)10-4-2-1-3-5-10/h1-6H,7-9H2,(H2,15,17). The first kappa shape index (κ1) is 12.4. The van der Waals surface area contributed by atoms with Crippen LogP contribution < -0.4 is 5.73 Å². The molecule has 0 spiro atoms. The molecule has 0 fully saturated rings. The average Bonchev–Trinajstić information content (AvgIpc) is 2.94. The normalized spacial score (nSPS) is 15.0. The molecule has 0 bridgehead atoms. The number of carbonyl (C=O) groups excluding carboxylic acids is 1. The fraction of sp³-hybridized carbons (Fsp3) is 0.214. The van der Waals surface area contributed by atoms with Crippen LogP contribution in [-0.2, 0) is 0 Å². The number of nitrogens with zero attached hydrogens (tertiary/aromatic N) is 3. The number of aromatic nitrogens is 2. The molecule has 6 heteroatoms. The fourth-order valence-electron chi connectivity index (χ4n) is 2.26. The van der Waals surface area contributed by atoms with Crippen molar-refractivity contribution in [3.8, 4) is 0 Å². The zero-order chi connectivity index (χ0) is 13.9. The van der Waals surface area contributed by atoms with Gasteiger partial charge in [-0.1, -0.05) is 36.4 Å². The Hall–Kier alpha value is -2.63. The monoisotopic (exact) mass is 270 g/mol. The molecule has 1 aliphatic heterocycles. The third-order valence-corrected chi connectivity index (χ3v) is 3.36. The topological polar surface area (TPSA) is 85.2 Å². The number of hydrogen-bond acceptors (Lipinski definition) is 5. The lowest BCUT2D eigenvalue weighted by Gasteiger charge is -2.25. The van der Waals surface area contributed by atoms with Crippen molar-refractivity contribution in [2.75, 3.05) is 18.8 Å². The van der Waals surface area contributed by atoms with Crippen LogP contribution in [0, 0.1) is 0 Å². The van der Waals surface area contributed by atoms with Crippen LogP contribution in [0.25, 0.3) is 5.57 Å². The van der Waals surface area contributed by atoms with Crippen molar-refractivity contribution in [2.24, 2.45) is 0 Å². The largest absolute Gasteiger partial charge is 0.379 e. The Bertz CT molecular complexity index is 648. The number of rotatable bonds is 2. The molecule has 0 saturated heterocycles. The number of benzene rings is 1. The van der Waals surface area contributed by atoms with Gasteiger partial charge < -0.3 is 10.6 Å². The minimum Gasteiger partial charge on any atom is -0.379 e. The van der Waals surface area contributed by atoms with E-state index in [4.69, 9.17) is 5.73 Å². The molecule has 0 saturated carbocycles. The molecule has 0 atom stereocenters. The Morgan fingerprint density at radius 2 is 2.05 bits per heavy atom. The number of hydrogen-bond donors (Lipinski definition) is 1. The van der Waals surface area contributed by atoms with Gasteiger partial charge in [0.25, 0.3) is 5.91 Å². The Morgan fingerprint density at radius 1 is 1.25 bits per heavy atom. The van der Waals surface area contributed by atoms with Crippen LogP contribution in [0.5, 0.6) is 0 Å². The summed E-state index contributed by atoms with van der Waals surface area (Å²) in [5.41, 5.74) is 8.07. The minimum atomic E-state index is -0.243. The highest BCUT2D eigenvalue weighted by Gasteiger charge is 2.24. The first-order chi connectivity index (χ1) is 9.75. The van der Waals surface area contributed by atoms with E-state index < -0.39 is 0 Å². The molecule has 20 heavy (non-hydrogen) atoms. The first-order valence-electron chi connectivity index (χ1n) is 6.37. The molecule has 1 amide bonds. The summed E-state index contributed by atoms with van der Waals surface area (Å²) in [5, 5.41) is 6.97. The predicted octanol–water partition coefficient (Wildman–Crippen LogP) is 1.58. The summed E-state index contributed by atoms with van der Waals surface area (Å²) in [7, 11) is 0. The maximum atomic E-state index is 12.2. The molecular formula is C14H14N4O2. The van der Waals surface area contributed by atoms with E-state index in [1.807, 2.05) is 18.2 Å². The molecule has 2 N–H and O–H groups in total. The lowest BCUT2D eigenvalue weighted by molar-refractivity contribution is 0.0762. The number of amides is 1. The highest BCUT2D eigenvalue weighted by atomic mass is 16.6. The maximum absolute atomic E-state index is 12.2. The summed E-state index contributed by atoms with van der Waals surface area (Å²) in [6.45, 7) is 1.17. The van der Waals surface area contributed by atoms with E-state index in [2.05, 4.69) is 33.2 Å². The highest BCUT2D eigenvalue weighted by Crippen LogP contribution is 2.23. The van der Waals surface area contributed by atoms with E-state index >= 15 is 0 Å². The van der Waals surface area contributed by atoms with Crippen LogP contribution in [0.1, 0.15) is 22.5 Å². The van der Waals surface area contributed by atoms with E-state index in [0.717, 1.165) is 6.42 Å². The van der Waals surface area contributed by atoms with Crippen molar-refractivity contribution in [1.29, 1.82) is 0 Å². The molecule has 6 nitrogen and oxygen atoms in total. The second kappa shape index (κ2) is 5.16. The van der Waals surface area contributed by atoms with Crippen LogP contribution in [0.4, 0.5) is 5.82 Å². The summed E-state index contributed by atoms with van der Waals surface area (Å²) in [6.07, 6.45) is 2.86. The van der Waals surface area contributed by atoms with Gasteiger partial charge in [-0.25, -0.2) is 4.63 Å². The molecule has 2 heterocycles. The van der Waals surface area contributed by atoms with E-state index in [1.165, 1.54) is 11.1 Å². The van der Waals surface area contributed by atoms with Gasteiger partial charge in [-0.2, -0.15) is 0 Å². The summed E-state index contributed by atoms with van der Waals surface area (Å²) in [6, 6.07) is 10.2. The molecule has 0 aliphatic carbocycles. The van der Waals surface area contributed by atoms with Gasteiger partial charge in [0.15, 0.2) is 0 Å². The molecule has 0 unspecified atom stereocenters. The van der Waals surface area contributed by atoms with Gasteiger partial charge in [0.2, 0.25) is 11.5 Å². The van der Waals surface area contributed by atoms with Crippen LogP contribution >= 0.6 is 0 Å². The number of nitrogens with two attached hydrogens (primary N) is 1. The van der Waals surface area contributed by atoms with Crippen molar-refractivity contribution in [3.63, 3.8) is 0 Å². The summed E-state index contributed by atoms with van der Waals surface area (Å²) < 4.78 is 4.46. The quantitative estimate of drug-likeness (QED) is 0.895. The molecular weight excluding hydrogens is 256 g/mol. The summed E-state index contributed by atoms with van der Waals surface area (Å²) in [4.78, 5) is 13.9. The molecule has 1 aliphatic rings. The zero-order valence-electron chi connectivity index (χ0n) is 10.8. The van der Waals surface area contributed by atoms with E-state index in [0.29, 0.717) is 13.1 Å². The van der Waals surface area contributed by atoms with Crippen molar-refractivity contribution in [2.45, 2.75) is 6.42 Å². The van der Waals surface area contributed by atoms with Crippen LogP contribution in [0.2, 0.25) is 0 Å². The summed E-state index contributed by atoms with van der Waals surface area (Å²) >= 11 is 0. The van der Waals surface area contributed by atoms with Crippen molar-refractivity contribution in [3.05, 3.63) is 47.7 Å². The molecule has 0 radical (unpaired) electrons. The van der Waals surface area contributed by atoms with Crippen LogP contribution in [0.3, 0.4) is 0 Å². The van der Waals surface area contributed by atoms with Gasteiger partial charge in [0, 0.05) is 13.1 Å². The van der Waals surface area contributed by atoms with Gasteiger partial charge in [0.1, 0.15) is 0 Å². The van der Waals surface area contributed by atoms with Crippen molar-refractivity contribution in [1.82, 2.24) is 15.2 Å². The zero-order valence-corrected chi connectivity index (χ0v) is 10.8. The average molecular weight is 270 g/mol. The molecule has 102 valence electrons. The Balaban J connectivity index is 1.74. The number of nitrogen functional groups attached to an aromatic ring is 1. The fourth-order valence-corrected chi connectivity index (χ4v) is 2.26.